The zero-order valence-electron chi connectivity index (χ0n) is 21.1. The summed E-state index contributed by atoms with van der Waals surface area (Å²) in [4.78, 5) is 29.7. The molecular formula is C28H23N3O6S. The molecule has 0 aliphatic heterocycles. The SMILES string of the molecule is COC(=O)C(C)(Cc1oc(=O)oc1C)Sc1nc2cc(OC)ccc2n1-c1ccc(C#N)c2ccccc12. The van der Waals surface area contributed by atoms with E-state index in [9.17, 15) is 14.9 Å². The van der Waals surface area contributed by atoms with Crippen molar-refractivity contribution in [1.29, 1.82) is 5.26 Å². The first-order chi connectivity index (χ1) is 18.3. The van der Waals surface area contributed by atoms with Gasteiger partial charge in [-0.3, -0.25) is 9.36 Å². The number of rotatable bonds is 7. The van der Waals surface area contributed by atoms with Crippen molar-refractivity contribution in [3.8, 4) is 17.5 Å². The van der Waals surface area contributed by atoms with Crippen molar-refractivity contribution in [2.45, 2.75) is 30.2 Å². The highest BCUT2D eigenvalue weighted by molar-refractivity contribution is 8.01. The molecule has 10 heteroatoms. The fourth-order valence-electron chi connectivity index (χ4n) is 4.45. The number of nitrogens with zero attached hydrogens (tertiary/aromatic N) is 3. The summed E-state index contributed by atoms with van der Waals surface area (Å²) in [6.07, 6.45) is 0.0303. The Hall–Kier alpha value is -4.49. The van der Waals surface area contributed by atoms with E-state index in [4.69, 9.17) is 23.3 Å². The highest BCUT2D eigenvalue weighted by Gasteiger charge is 2.40. The molecule has 3 aromatic carbocycles. The largest absolute Gasteiger partial charge is 0.519 e. The highest BCUT2D eigenvalue weighted by atomic mass is 32.2. The topological polar surface area (TPSA) is 120 Å². The van der Waals surface area contributed by atoms with Crippen LogP contribution in [0.15, 0.2) is 73.4 Å². The number of benzene rings is 3. The number of carbonyl (C=O) groups excluding carboxylic acids is 1. The summed E-state index contributed by atoms with van der Waals surface area (Å²) in [5.74, 6) is -0.176. The third-order valence-electron chi connectivity index (χ3n) is 6.36. The van der Waals surface area contributed by atoms with Crippen LogP contribution >= 0.6 is 11.8 Å². The van der Waals surface area contributed by atoms with Gasteiger partial charge in [0.15, 0.2) is 10.9 Å². The molecule has 0 bridgehead atoms. The molecule has 5 rings (SSSR count). The van der Waals surface area contributed by atoms with E-state index in [0.29, 0.717) is 27.7 Å². The molecule has 0 radical (unpaired) electrons. The van der Waals surface area contributed by atoms with Crippen LogP contribution in [0.1, 0.15) is 24.0 Å². The number of imidazole rings is 1. The number of carbonyl (C=O) groups is 1. The summed E-state index contributed by atoms with van der Waals surface area (Å²) < 4.78 is 21.5. The Morgan fingerprint density at radius 3 is 2.55 bits per heavy atom. The second-order valence-corrected chi connectivity index (χ2v) is 10.3. The van der Waals surface area contributed by atoms with Crippen LogP contribution in [0.25, 0.3) is 27.5 Å². The normalized spacial score (nSPS) is 12.8. The average molecular weight is 530 g/mol. The molecule has 1 unspecified atom stereocenters. The van der Waals surface area contributed by atoms with Gasteiger partial charge in [-0.2, -0.15) is 5.26 Å². The van der Waals surface area contributed by atoms with Crippen molar-refractivity contribution in [1.82, 2.24) is 9.55 Å². The maximum absolute atomic E-state index is 13.1. The van der Waals surface area contributed by atoms with Gasteiger partial charge in [0, 0.05) is 23.3 Å². The van der Waals surface area contributed by atoms with Crippen LogP contribution in [-0.4, -0.2) is 34.5 Å². The number of methoxy groups -OCH3 is 2. The van der Waals surface area contributed by atoms with Crippen LogP contribution in [0.3, 0.4) is 0 Å². The Kier molecular flexibility index (Phi) is 6.46. The van der Waals surface area contributed by atoms with Crippen LogP contribution in [-0.2, 0) is 16.0 Å². The van der Waals surface area contributed by atoms with E-state index in [0.717, 1.165) is 22.0 Å². The molecule has 0 spiro atoms. The lowest BCUT2D eigenvalue weighted by Gasteiger charge is -2.25. The van der Waals surface area contributed by atoms with Gasteiger partial charge in [-0.05, 0) is 38.1 Å². The van der Waals surface area contributed by atoms with Crippen molar-refractivity contribution in [2.24, 2.45) is 0 Å². The zero-order valence-corrected chi connectivity index (χ0v) is 21.9. The Morgan fingerprint density at radius 2 is 1.89 bits per heavy atom. The first-order valence-corrected chi connectivity index (χ1v) is 12.4. The van der Waals surface area contributed by atoms with Crippen molar-refractivity contribution < 1.29 is 23.1 Å². The van der Waals surface area contributed by atoms with Crippen molar-refractivity contribution in [3.63, 3.8) is 0 Å². The summed E-state index contributed by atoms with van der Waals surface area (Å²) >= 11 is 1.18. The molecule has 1 atom stereocenters. The maximum atomic E-state index is 13.1. The third-order valence-corrected chi connectivity index (χ3v) is 7.58. The Balaban J connectivity index is 1.74. The molecule has 0 aliphatic rings. The van der Waals surface area contributed by atoms with Gasteiger partial charge in [-0.25, -0.2) is 9.78 Å². The quantitative estimate of drug-likeness (QED) is 0.207. The molecule has 38 heavy (non-hydrogen) atoms. The Labute approximate surface area is 221 Å². The molecule has 2 aromatic heterocycles. The number of aryl methyl sites for hydroxylation is 1. The van der Waals surface area contributed by atoms with E-state index in [1.807, 2.05) is 53.1 Å². The number of hydrogen-bond donors (Lipinski definition) is 0. The van der Waals surface area contributed by atoms with Crippen molar-refractivity contribution in [3.05, 3.63) is 82.3 Å². The standard InChI is InChI=1S/C28H23N3O6S/c1-16-24(37-27(33)36-16)14-28(2,25(32)35-4)38-26-30-21-13-18(34-3)10-12-23(21)31(26)22-11-9-17(15-29)19-7-5-6-8-20(19)22/h5-13H,14H2,1-4H3. The van der Waals surface area contributed by atoms with E-state index in [1.54, 1.807) is 27.0 Å². The minimum atomic E-state index is -1.23. The smallest absolute Gasteiger partial charge is 0.497 e. The van der Waals surface area contributed by atoms with Gasteiger partial charge < -0.3 is 18.3 Å². The number of hydrogen-bond acceptors (Lipinski definition) is 9. The van der Waals surface area contributed by atoms with Crippen LogP contribution in [0.4, 0.5) is 0 Å². The molecule has 0 N–H and O–H groups in total. The van der Waals surface area contributed by atoms with E-state index < -0.39 is 16.5 Å². The summed E-state index contributed by atoms with van der Waals surface area (Å²) in [7, 11) is 2.89. The highest BCUT2D eigenvalue weighted by Crippen LogP contribution is 2.41. The number of thioether (sulfide) groups is 1. The summed E-state index contributed by atoms with van der Waals surface area (Å²) in [6.45, 7) is 3.31. The maximum Gasteiger partial charge on any atom is 0.519 e. The molecule has 0 saturated heterocycles. The molecular weight excluding hydrogens is 506 g/mol. The summed E-state index contributed by atoms with van der Waals surface area (Å²) in [5, 5.41) is 11.8. The van der Waals surface area contributed by atoms with Gasteiger partial charge in [-0.15, -0.1) is 0 Å². The number of esters is 1. The van der Waals surface area contributed by atoms with Crippen molar-refractivity contribution in [2.75, 3.05) is 14.2 Å². The minimum absolute atomic E-state index is 0.0303. The van der Waals surface area contributed by atoms with E-state index in [1.165, 1.54) is 18.9 Å². The van der Waals surface area contributed by atoms with E-state index in [-0.39, 0.29) is 12.2 Å². The number of nitriles is 1. The van der Waals surface area contributed by atoms with Crippen LogP contribution in [0.2, 0.25) is 0 Å². The van der Waals surface area contributed by atoms with Gasteiger partial charge in [0.25, 0.3) is 0 Å². The van der Waals surface area contributed by atoms with Crippen LogP contribution in [0.5, 0.6) is 5.75 Å². The minimum Gasteiger partial charge on any atom is -0.497 e. The predicted octanol–water partition coefficient (Wildman–Crippen LogP) is 5.18. The van der Waals surface area contributed by atoms with Gasteiger partial charge in [-0.1, -0.05) is 36.0 Å². The lowest BCUT2D eigenvalue weighted by molar-refractivity contribution is -0.143. The molecule has 0 aliphatic carbocycles. The average Bonchev–Trinajstić information content (AvgIpc) is 3.43. The monoisotopic (exact) mass is 529 g/mol. The third kappa shape index (κ3) is 4.31. The number of aromatic nitrogens is 2. The lowest BCUT2D eigenvalue weighted by atomic mass is 10.0. The van der Waals surface area contributed by atoms with E-state index in [2.05, 4.69) is 6.07 Å². The summed E-state index contributed by atoms with van der Waals surface area (Å²) in [5.41, 5.74) is 2.77. The van der Waals surface area contributed by atoms with Gasteiger partial charge in [0.2, 0.25) is 0 Å². The molecule has 192 valence electrons. The second kappa shape index (κ2) is 9.76. The molecule has 9 nitrogen and oxygen atoms in total. The van der Waals surface area contributed by atoms with Gasteiger partial charge in [0.05, 0.1) is 42.6 Å². The lowest BCUT2D eigenvalue weighted by Crippen LogP contribution is -2.36. The molecule has 0 saturated carbocycles. The van der Waals surface area contributed by atoms with Crippen LogP contribution < -0.4 is 10.6 Å². The second-order valence-electron chi connectivity index (χ2n) is 8.81. The molecule has 2 heterocycles. The first-order valence-electron chi connectivity index (χ1n) is 11.6. The number of ether oxygens (including phenoxy) is 2. The molecule has 0 amide bonds. The Morgan fingerprint density at radius 1 is 1.13 bits per heavy atom. The first kappa shape index (κ1) is 25.2. The zero-order chi connectivity index (χ0) is 27.0. The van der Waals surface area contributed by atoms with Crippen LogP contribution in [0, 0.1) is 18.3 Å². The molecule has 5 aromatic rings. The predicted molar refractivity (Wildman–Crippen MR) is 142 cm³/mol. The van der Waals surface area contributed by atoms with Gasteiger partial charge >= 0.3 is 11.8 Å². The van der Waals surface area contributed by atoms with Crippen molar-refractivity contribution >= 4 is 39.5 Å². The molecule has 0 fully saturated rings. The fourth-order valence-corrected chi connectivity index (χ4v) is 5.66. The fraction of sp³-hybridized carbons (Fsp3) is 0.214. The Bertz CT molecular complexity index is 1790. The van der Waals surface area contributed by atoms with Gasteiger partial charge in [0.1, 0.15) is 16.3 Å². The number of fused-ring (bicyclic) bond motifs is 2. The summed E-state index contributed by atoms with van der Waals surface area (Å²) in [6, 6.07) is 19.1. The van der Waals surface area contributed by atoms with E-state index >= 15 is 0 Å².